The van der Waals surface area contributed by atoms with E-state index in [0.29, 0.717) is 148 Å². The first-order chi connectivity index (χ1) is 55.2. The van der Waals surface area contributed by atoms with Gasteiger partial charge < -0.3 is 70.9 Å². The summed E-state index contributed by atoms with van der Waals surface area (Å²) in [5.74, 6) is 9.21. The Morgan fingerprint density at radius 2 is 0.593 bits per heavy atom. The summed E-state index contributed by atoms with van der Waals surface area (Å²) in [6.07, 6.45) is 32.8. The Hall–Kier alpha value is -3.76. The molecule has 9 heterocycles. The lowest BCUT2D eigenvalue weighted by Crippen LogP contribution is -2.43. The van der Waals surface area contributed by atoms with Gasteiger partial charge >= 0.3 is 0 Å². The van der Waals surface area contributed by atoms with Crippen molar-refractivity contribution in [1.29, 1.82) is 0 Å². The average Bonchev–Trinajstić information content (AvgIpc) is 1.58. The van der Waals surface area contributed by atoms with Crippen molar-refractivity contribution in [3.63, 3.8) is 0 Å². The molecule has 0 radical (unpaired) electrons. The minimum Gasteiger partial charge on any atom is -0.488 e. The van der Waals surface area contributed by atoms with Gasteiger partial charge in [0.25, 0.3) is 0 Å². The Morgan fingerprint density at radius 3 is 0.965 bits per heavy atom. The lowest BCUT2D eigenvalue weighted by atomic mass is 9.91. The van der Waals surface area contributed by atoms with Crippen LogP contribution >= 0.6 is 45.3 Å². The van der Waals surface area contributed by atoms with E-state index in [1.165, 1.54) is 103 Å². The third-order valence-corrected chi connectivity index (χ3v) is 29.2. The van der Waals surface area contributed by atoms with E-state index < -0.39 is 16.2 Å². The van der Waals surface area contributed by atoms with E-state index in [1.54, 1.807) is 45.3 Å². The molecule has 0 N–H and O–H groups in total. The molecular formula is C94H153NO14S4. The van der Waals surface area contributed by atoms with E-state index in [-0.39, 0.29) is 0 Å². The number of fused-ring (bicyclic) bond motifs is 4. The van der Waals surface area contributed by atoms with Crippen LogP contribution in [0.3, 0.4) is 0 Å². The van der Waals surface area contributed by atoms with Crippen LogP contribution in [0.2, 0.25) is 0 Å². The lowest BCUT2D eigenvalue weighted by Gasteiger charge is -2.32. The zero-order valence-electron chi connectivity index (χ0n) is 73.3. The van der Waals surface area contributed by atoms with E-state index >= 15 is 0 Å². The molecule has 5 aromatic heterocycles. The van der Waals surface area contributed by atoms with Gasteiger partial charge in [-0.15, -0.1) is 45.3 Å². The van der Waals surface area contributed by atoms with E-state index in [1.807, 2.05) is 0 Å². The topological polar surface area (TPSA) is 134 Å². The largest absolute Gasteiger partial charge is 0.488 e. The van der Waals surface area contributed by atoms with E-state index in [0.717, 1.165) is 206 Å². The Morgan fingerprint density at radius 1 is 0.310 bits per heavy atom. The highest BCUT2D eigenvalue weighted by molar-refractivity contribution is 7.25. The van der Waals surface area contributed by atoms with Gasteiger partial charge in [-0.2, -0.15) is 0 Å². The maximum Gasteiger partial charge on any atom is 0.182 e. The summed E-state index contributed by atoms with van der Waals surface area (Å²) in [7, 11) is 0. The number of hydrogen-bond acceptors (Lipinski definition) is 18. The van der Waals surface area contributed by atoms with Gasteiger partial charge in [-0.3, -0.25) is 0 Å². The molecule has 15 nitrogen and oxygen atoms in total. The van der Waals surface area contributed by atoms with E-state index in [9.17, 15) is 0 Å². The van der Waals surface area contributed by atoms with Crippen molar-refractivity contribution in [3.8, 4) is 76.9 Å². The molecule has 0 saturated heterocycles. The second-order valence-electron chi connectivity index (χ2n) is 34.3. The number of rotatable bonds is 58. The fourth-order valence-corrected chi connectivity index (χ4v) is 21.1. The average molecular weight is 1650 g/mol. The number of nitrogens with zero attached hydrogens (tertiary/aromatic N) is 1. The molecule has 6 unspecified atom stereocenters. The predicted molar refractivity (Wildman–Crippen MR) is 471 cm³/mol. The fourth-order valence-electron chi connectivity index (χ4n) is 16.3. The van der Waals surface area contributed by atoms with Gasteiger partial charge in [0.15, 0.2) is 46.0 Å². The minimum atomic E-state index is -0.621. The Bertz CT molecular complexity index is 3410. The van der Waals surface area contributed by atoms with Gasteiger partial charge in [0.1, 0.15) is 52.9 Å². The smallest absolute Gasteiger partial charge is 0.182 e. The Labute approximate surface area is 700 Å². The van der Waals surface area contributed by atoms with Gasteiger partial charge in [-0.25, -0.2) is 0 Å². The minimum absolute atomic E-state index is 0.346. The molecule has 0 aliphatic carbocycles. The zero-order valence-corrected chi connectivity index (χ0v) is 76.5. The van der Waals surface area contributed by atoms with Crippen LogP contribution in [0.1, 0.15) is 289 Å². The standard InChI is InChI=1S/C94H153NO14S4/c1-16-29-36-37-46-95-76(88-84-81(69(15)111-88)105-63-93(65-107-84,58-98-52-72(25-10)40-32-19-4)59-99-53-73(26-11)41-33-20-5)44-45-77(95)89-86-87(109-67-94(66-108-86,60-100-54-74(27-12)42-34-21-6)61-101-55-75(28-13)43-35-22-7)91(113-89)90-85-83(102-47-48-103-85)79(112-90)49-78-82-80(68(14)110-78)104-62-92(64-106-82,56-96-50-70(23-8)38-30-17-2)57-97-51-71(24-9)39-31-18-3/h44-45,70-75H,16-43,46-67H2,1-15H3. The molecule has 9 rings (SSSR count). The number of aryl methyl sites for hydroxylation is 2. The lowest BCUT2D eigenvalue weighted by molar-refractivity contribution is -0.0716. The molecule has 0 spiro atoms. The SMILES string of the molecule is CCCCCCn1c(-c2sc(C)c3c2OCC(COCC(CC)CCCC)(COCC(CC)CCCC)CO3)ccc1-c1sc(-c2sc(Cc3sc(C)c4c3OCC(COCC(CC)CCCC)(COCC(CC)CCCC)CO4)c3c2OCCO3)c2c1OCC(COCC(CC)CCCC)(COCC(CC)CCCC)CO2. The molecule has 113 heavy (non-hydrogen) atoms. The molecule has 0 amide bonds. The number of ether oxygens (including phenoxy) is 14. The first kappa shape index (κ1) is 93.1. The first-order valence-corrected chi connectivity index (χ1v) is 48.7. The Balaban J connectivity index is 1.12. The van der Waals surface area contributed by atoms with Crippen LogP contribution < -0.4 is 37.9 Å². The van der Waals surface area contributed by atoms with Crippen molar-refractivity contribution < 1.29 is 66.3 Å². The van der Waals surface area contributed by atoms with Crippen LogP contribution in [0.15, 0.2) is 12.1 Å². The van der Waals surface area contributed by atoms with Crippen molar-refractivity contribution in [2.75, 3.05) is 132 Å². The zero-order chi connectivity index (χ0) is 80.4. The van der Waals surface area contributed by atoms with E-state index in [2.05, 4.69) is 121 Å². The van der Waals surface area contributed by atoms with Gasteiger partial charge in [-0.1, -0.05) is 225 Å². The fraction of sp³-hybridized carbons (Fsp3) is 0.787. The van der Waals surface area contributed by atoms with Crippen LogP contribution in [0.25, 0.3) is 30.9 Å². The monoisotopic (exact) mass is 1650 g/mol. The summed E-state index contributed by atoms with van der Waals surface area (Å²) >= 11 is 6.97. The third kappa shape index (κ3) is 26.1. The number of thiophene rings is 4. The van der Waals surface area contributed by atoms with E-state index in [4.69, 9.17) is 66.3 Å². The highest BCUT2D eigenvalue weighted by Crippen LogP contribution is 2.62. The second-order valence-corrected chi connectivity index (χ2v) is 39.0. The molecule has 4 aliphatic heterocycles. The van der Waals surface area contributed by atoms with Gasteiger partial charge in [0.05, 0.1) is 96.5 Å². The summed E-state index contributed by atoms with van der Waals surface area (Å²) in [5, 5.41) is 0. The molecular weight excluding hydrogens is 1500 g/mol. The van der Waals surface area contributed by atoms with Gasteiger partial charge in [-0.05, 0) is 106 Å². The molecule has 0 fully saturated rings. The molecule has 5 aromatic rings. The Kier molecular flexibility index (Phi) is 40.5. The van der Waals surface area contributed by atoms with Crippen LogP contribution in [-0.4, -0.2) is 137 Å². The molecule has 642 valence electrons. The van der Waals surface area contributed by atoms with Crippen molar-refractivity contribution in [1.82, 2.24) is 4.57 Å². The molecule has 0 bridgehead atoms. The number of unbranched alkanes of at least 4 members (excludes halogenated alkanes) is 9. The molecule has 4 aliphatic rings. The van der Waals surface area contributed by atoms with Crippen LogP contribution in [0, 0.1) is 65.6 Å². The summed E-state index contributed by atoms with van der Waals surface area (Å²) in [6, 6.07) is 4.63. The number of aromatic nitrogens is 1. The van der Waals surface area contributed by atoms with Gasteiger partial charge in [0.2, 0.25) is 0 Å². The van der Waals surface area contributed by atoms with Crippen molar-refractivity contribution >= 4 is 45.3 Å². The predicted octanol–water partition coefficient (Wildman–Crippen LogP) is 26.0. The normalized spacial score (nSPS) is 19.7. The summed E-state index contributed by atoms with van der Waals surface area (Å²) in [6.45, 7) is 45.3. The summed E-state index contributed by atoms with van der Waals surface area (Å²) in [5.41, 5.74) is 0.526. The van der Waals surface area contributed by atoms with Crippen LogP contribution in [-0.2, 0) is 41.4 Å². The highest BCUT2D eigenvalue weighted by Gasteiger charge is 2.45. The van der Waals surface area contributed by atoms with Gasteiger partial charge in [0, 0.05) is 62.4 Å². The summed E-state index contributed by atoms with van der Waals surface area (Å²) in [4.78, 5) is 8.32. The molecule has 0 saturated carbocycles. The molecule has 6 atom stereocenters. The molecule has 19 heteroatoms. The van der Waals surface area contributed by atoms with Crippen LogP contribution in [0.5, 0.6) is 46.0 Å². The molecule has 0 aromatic carbocycles. The maximum absolute atomic E-state index is 7.63. The summed E-state index contributed by atoms with van der Waals surface area (Å²) < 4.78 is 101. The van der Waals surface area contributed by atoms with Crippen molar-refractivity contribution in [2.45, 2.75) is 297 Å². The second kappa shape index (κ2) is 49.1. The van der Waals surface area contributed by atoms with Crippen LogP contribution in [0.4, 0.5) is 0 Å². The van der Waals surface area contributed by atoms with Crippen molar-refractivity contribution in [3.05, 3.63) is 31.6 Å². The quantitative estimate of drug-likeness (QED) is 0.0342. The third-order valence-electron chi connectivity index (χ3n) is 24.5. The number of hydrogen-bond donors (Lipinski definition) is 0. The van der Waals surface area contributed by atoms with Crippen molar-refractivity contribution in [2.24, 2.45) is 51.8 Å². The maximum atomic E-state index is 7.63. The first-order valence-electron chi connectivity index (χ1n) is 45.5. The highest BCUT2D eigenvalue weighted by atomic mass is 32.1.